The summed E-state index contributed by atoms with van der Waals surface area (Å²) in [4.78, 5) is 34.4. The van der Waals surface area contributed by atoms with Crippen molar-refractivity contribution in [2.45, 2.75) is 70.3 Å². The van der Waals surface area contributed by atoms with Gasteiger partial charge in [0.05, 0.1) is 18.7 Å². The third-order valence-corrected chi connectivity index (χ3v) is 10.8. The minimum Gasteiger partial charge on any atom is -0.447 e. The van der Waals surface area contributed by atoms with Gasteiger partial charge in [-0.15, -0.1) is 0 Å². The summed E-state index contributed by atoms with van der Waals surface area (Å²) in [7, 11) is 0. The van der Waals surface area contributed by atoms with Gasteiger partial charge in [0.2, 0.25) is 5.91 Å². The molecule has 3 atom stereocenters. The Labute approximate surface area is 253 Å². The molecule has 3 heterocycles. The molecule has 226 valence electrons. The second-order valence-corrected chi connectivity index (χ2v) is 13.4. The molecular formula is C35H42N4O4. The Bertz CT molecular complexity index is 1550. The van der Waals surface area contributed by atoms with E-state index in [2.05, 4.69) is 30.0 Å². The van der Waals surface area contributed by atoms with Crippen LogP contribution in [0.3, 0.4) is 0 Å². The molecule has 1 unspecified atom stereocenters. The van der Waals surface area contributed by atoms with Crippen molar-refractivity contribution in [1.29, 1.82) is 0 Å². The van der Waals surface area contributed by atoms with Crippen molar-refractivity contribution in [3.8, 4) is 0 Å². The molecule has 0 bridgehead atoms. The smallest absolute Gasteiger partial charge is 0.414 e. The molecule has 3 aromatic rings. The minimum atomic E-state index is -0.436. The number of aromatic nitrogens is 1. The lowest BCUT2D eigenvalue weighted by Crippen LogP contribution is -2.34. The average molecular weight is 583 g/mol. The van der Waals surface area contributed by atoms with Crippen LogP contribution in [0, 0.1) is 11.3 Å². The van der Waals surface area contributed by atoms with Gasteiger partial charge < -0.3 is 15.6 Å². The summed E-state index contributed by atoms with van der Waals surface area (Å²) < 4.78 is 5.15. The van der Waals surface area contributed by atoms with Crippen LogP contribution in [-0.4, -0.2) is 65.9 Å². The molecule has 8 nitrogen and oxygen atoms in total. The summed E-state index contributed by atoms with van der Waals surface area (Å²) >= 11 is 0. The Morgan fingerprint density at radius 3 is 2.67 bits per heavy atom. The van der Waals surface area contributed by atoms with Gasteiger partial charge in [0, 0.05) is 34.3 Å². The number of benzene rings is 2. The number of fused-ring (bicyclic) bond motifs is 2. The summed E-state index contributed by atoms with van der Waals surface area (Å²) in [5, 5.41) is 11.0. The summed E-state index contributed by atoms with van der Waals surface area (Å²) in [6.07, 6.45) is 8.35. The molecule has 43 heavy (non-hydrogen) atoms. The highest BCUT2D eigenvalue weighted by molar-refractivity contribution is 6.01. The topological polar surface area (TPSA) is 109 Å². The predicted molar refractivity (Wildman–Crippen MR) is 166 cm³/mol. The average Bonchev–Trinajstić information content (AvgIpc) is 3.38. The van der Waals surface area contributed by atoms with E-state index in [4.69, 9.17) is 15.5 Å². The molecule has 0 spiro atoms. The standard InChI is InChI=1S/C35H42N4O4/c1-35(13-14-35)24-6-10-30-23(19-24)20-29-31(37-30)11-9-28(33(36)41)32(29)27(12-16-38-15-2-3-26(38)21-40)22-4-7-25(8-5-22)39-17-18-43-34(39)42/h4-5,7-9,11,20,24,26-27,40H,2-3,6,10,12-19,21H2,1H3,(H2,36,41)/t24?,26-,27+/m0/s1. The number of pyridine rings is 1. The molecule has 8 heteroatoms. The van der Waals surface area contributed by atoms with Gasteiger partial charge in [0.1, 0.15) is 6.61 Å². The highest BCUT2D eigenvalue weighted by atomic mass is 16.6. The van der Waals surface area contributed by atoms with E-state index in [9.17, 15) is 14.7 Å². The normalized spacial score (nSPS) is 23.8. The van der Waals surface area contributed by atoms with Crippen LogP contribution in [0.2, 0.25) is 0 Å². The first-order valence-electron chi connectivity index (χ1n) is 16.0. The number of anilines is 1. The minimum absolute atomic E-state index is 0.120. The number of nitrogens with two attached hydrogens (primary N) is 1. The van der Waals surface area contributed by atoms with Crippen molar-refractivity contribution < 1.29 is 19.4 Å². The molecule has 0 radical (unpaired) electrons. The first-order valence-corrected chi connectivity index (χ1v) is 16.0. The van der Waals surface area contributed by atoms with Gasteiger partial charge in [0.25, 0.3) is 0 Å². The first-order chi connectivity index (χ1) is 20.8. The van der Waals surface area contributed by atoms with Gasteiger partial charge >= 0.3 is 6.09 Å². The molecule has 2 amide bonds. The van der Waals surface area contributed by atoms with E-state index in [1.54, 1.807) is 4.90 Å². The van der Waals surface area contributed by atoms with E-state index in [0.717, 1.165) is 72.9 Å². The lowest BCUT2D eigenvalue weighted by molar-refractivity contribution is 0.0999. The molecule has 1 saturated carbocycles. The van der Waals surface area contributed by atoms with E-state index < -0.39 is 5.91 Å². The maximum absolute atomic E-state index is 13.0. The van der Waals surface area contributed by atoms with Crippen molar-refractivity contribution in [1.82, 2.24) is 9.88 Å². The number of aryl methyl sites for hydroxylation is 1. The maximum atomic E-state index is 13.0. The van der Waals surface area contributed by atoms with E-state index in [1.807, 2.05) is 24.3 Å². The number of primary amides is 1. The van der Waals surface area contributed by atoms with E-state index in [0.29, 0.717) is 30.0 Å². The Balaban J connectivity index is 1.32. The summed E-state index contributed by atoms with van der Waals surface area (Å²) in [6.45, 7) is 5.26. The fourth-order valence-electron chi connectivity index (χ4n) is 7.89. The molecule has 1 aromatic heterocycles. The van der Waals surface area contributed by atoms with Gasteiger partial charge in [-0.1, -0.05) is 19.1 Å². The highest BCUT2D eigenvalue weighted by Gasteiger charge is 2.45. The van der Waals surface area contributed by atoms with Crippen LogP contribution >= 0.6 is 0 Å². The number of likely N-dealkylation sites (tertiary alicyclic amines) is 1. The number of ether oxygens (including phenoxy) is 1. The largest absolute Gasteiger partial charge is 0.447 e. The molecule has 7 rings (SSSR count). The molecule has 2 aromatic carbocycles. The molecule has 2 saturated heterocycles. The SMILES string of the molecule is CC1(C2CCc3nc4ccc(C(N)=O)c([C@H](CCN5CCC[C@H]5CO)c5ccc(N6CCOC6=O)cc5)c4cc3C2)CC1. The number of cyclic esters (lactones) is 1. The number of aliphatic hydroxyl groups excluding tert-OH is 1. The highest BCUT2D eigenvalue weighted by Crippen LogP contribution is 2.55. The second kappa shape index (κ2) is 11.2. The first kappa shape index (κ1) is 28.3. The monoisotopic (exact) mass is 582 g/mol. The Morgan fingerprint density at radius 1 is 1.16 bits per heavy atom. The van der Waals surface area contributed by atoms with Crippen molar-refractivity contribution in [3.05, 3.63) is 70.4 Å². The number of hydrogen-bond donors (Lipinski definition) is 2. The third-order valence-electron chi connectivity index (χ3n) is 10.8. The quantitative estimate of drug-likeness (QED) is 0.360. The van der Waals surface area contributed by atoms with Gasteiger partial charge in [-0.3, -0.25) is 19.6 Å². The van der Waals surface area contributed by atoms with Crippen molar-refractivity contribution >= 4 is 28.6 Å². The van der Waals surface area contributed by atoms with Crippen LogP contribution in [0.5, 0.6) is 0 Å². The summed E-state index contributed by atoms with van der Waals surface area (Å²) in [6, 6.07) is 14.4. The van der Waals surface area contributed by atoms with Crippen LogP contribution in [0.15, 0.2) is 42.5 Å². The fraction of sp³-hybridized carbons (Fsp3) is 0.514. The van der Waals surface area contributed by atoms with Crippen LogP contribution in [0.1, 0.15) is 84.1 Å². The van der Waals surface area contributed by atoms with Gasteiger partial charge in [-0.05, 0) is 123 Å². The van der Waals surface area contributed by atoms with Crippen molar-refractivity contribution in [2.24, 2.45) is 17.1 Å². The Kier molecular flexibility index (Phi) is 7.38. The molecular weight excluding hydrogens is 540 g/mol. The second-order valence-electron chi connectivity index (χ2n) is 13.4. The van der Waals surface area contributed by atoms with Crippen molar-refractivity contribution in [3.63, 3.8) is 0 Å². The molecule has 3 fully saturated rings. The number of hydrogen-bond acceptors (Lipinski definition) is 6. The molecule has 3 N–H and O–H groups in total. The number of amides is 2. The van der Waals surface area contributed by atoms with Gasteiger partial charge in [-0.2, -0.15) is 0 Å². The number of nitrogens with zero attached hydrogens (tertiary/aromatic N) is 3. The third kappa shape index (κ3) is 5.29. The number of carbonyl (C=O) groups is 2. The van der Waals surface area contributed by atoms with Crippen LogP contribution in [0.25, 0.3) is 10.9 Å². The maximum Gasteiger partial charge on any atom is 0.414 e. The zero-order chi connectivity index (χ0) is 29.7. The zero-order valence-corrected chi connectivity index (χ0v) is 25.1. The Morgan fingerprint density at radius 2 is 1.98 bits per heavy atom. The van der Waals surface area contributed by atoms with E-state index >= 15 is 0 Å². The molecule has 2 aliphatic carbocycles. The lowest BCUT2D eigenvalue weighted by Gasteiger charge is -2.30. The zero-order valence-electron chi connectivity index (χ0n) is 25.1. The van der Waals surface area contributed by atoms with Crippen molar-refractivity contribution in [2.75, 3.05) is 37.7 Å². The number of aliphatic hydroxyl groups is 1. The molecule has 4 aliphatic rings. The van der Waals surface area contributed by atoms with Crippen LogP contribution in [0.4, 0.5) is 10.5 Å². The Hall–Kier alpha value is -3.49. The fourth-order valence-corrected chi connectivity index (χ4v) is 7.89. The summed E-state index contributed by atoms with van der Waals surface area (Å²) in [5.74, 6) is 0.118. The predicted octanol–water partition coefficient (Wildman–Crippen LogP) is 5.17. The summed E-state index contributed by atoms with van der Waals surface area (Å²) in [5.41, 5.74) is 13.3. The number of rotatable bonds is 9. The van der Waals surface area contributed by atoms with Gasteiger partial charge in [0.15, 0.2) is 0 Å². The van der Waals surface area contributed by atoms with Crippen LogP contribution < -0.4 is 10.6 Å². The van der Waals surface area contributed by atoms with Gasteiger partial charge in [-0.25, -0.2) is 4.79 Å². The molecule has 2 aliphatic heterocycles. The van der Waals surface area contributed by atoms with E-state index in [1.165, 1.54) is 30.5 Å². The van der Waals surface area contributed by atoms with Crippen LogP contribution in [-0.2, 0) is 17.6 Å². The van der Waals surface area contributed by atoms with E-state index in [-0.39, 0.29) is 24.7 Å². The lowest BCUT2D eigenvalue weighted by atomic mass is 9.76. The number of carbonyl (C=O) groups excluding carboxylic acids is 2.